The van der Waals surface area contributed by atoms with Crippen molar-refractivity contribution >= 4 is 11.3 Å². The van der Waals surface area contributed by atoms with Crippen LogP contribution < -0.4 is 10.1 Å². The summed E-state index contributed by atoms with van der Waals surface area (Å²) in [7, 11) is 1.66. The summed E-state index contributed by atoms with van der Waals surface area (Å²) in [6.07, 6.45) is 5.40. The molecule has 3 nitrogen and oxygen atoms in total. The minimum atomic E-state index is 0.459. The molecule has 0 saturated heterocycles. The zero-order chi connectivity index (χ0) is 14.5. The van der Waals surface area contributed by atoms with E-state index in [-0.39, 0.29) is 0 Å². The number of hydrogen-bond acceptors (Lipinski definition) is 4. The van der Waals surface area contributed by atoms with E-state index in [1.165, 1.54) is 30.6 Å². The molecule has 3 rings (SSSR count). The normalized spacial score (nSPS) is 17.0. The lowest BCUT2D eigenvalue weighted by Gasteiger charge is -2.23. The molecule has 1 unspecified atom stereocenters. The average molecular weight is 302 g/mol. The maximum atomic E-state index is 5.20. The first-order valence-corrected chi connectivity index (χ1v) is 8.51. The molecule has 1 aliphatic carbocycles. The molecule has 2 aromatic rings. The number of rotatable bonds is 6. The maximum absolute atomic E-state index is 5.20. The van der Waals surface area contributed by atoms with Crippen molar-refractivity contribution in [3.63, 3.8) is 0 Å². The van der Waals surface area contributed by atoms with Crippen LogP contribution in [0.15, 0.2) is 35.7 Å². The number of nitrogens with one attached hydrogen (secondary N) is 1. The van der Waals surface area contributed by atoms with Crippen molar-refractivity contribution in [1.82, 2.24) is 10.3 Å². The molecule has 0 aliphatic heterocycles. The highest BCUT2D eigenvalue weighted by Gasteiger charge is 2.26. The minimum Gasteiger partial charge on any atom is -0.481 e. The summed E-state index contributed by atoms with van der Waals surface area (Å²) in [6.45, 7) is 0.788. The second-order valence-corrected chi connectivity index (χ2v) is 6.57. The highest BCUT2D eigenvalue weighted by molar-refractivity contribution is 7.10. The van der Waals surface area contributed by atoms with E-state index >= 15 is 0 Å². The van der Waals surface area contributed by atoms with Gasteiger partial charge in [-0.1, -0.05) is 25.0 Å². The summed E-state index contributed by atoms with van der Waals surface area (Å²) >= 11 is 1.85. The molecule has 1 fully saturated rings. The fraction of sp³-hybridized carbons (Fsp3) is 0.471. The Balaban J connectivity index is 1.69. The first-order chi connectivity index (χ1) is 10.4. The van der Waals surface area contributed by atoms with Crippen molar-refractivity contribution in [3.8, 4) is 5.88 Å². The Hall–Kier alpha value is -1.39. The molecule has 1 aliphatic rings. The predicted molar refractivity (Wildman–Crippen MR) is 86.6 cm³/mol. The Morgan fingerprint density at radius 3 is 2.86 bits per heavy atom. The fourth-order valence-corrected chi connectivity index (χ4v) is 4.04. The highest BCUT2D eigenvalue weighted by atomic mass is 32.1. The first kappa shape index (κ1) is 14.5. The lowest BCUT2D eigenvalue weighted by Crippen LogP contribution is -2.26. The number of pyridine rings is 1. The topological polar surface area (TPSA) is 34.1 Å². The molecule has 1 N–H and O–H groups in total. The van der Waals surface area contributed by atoms with Crippen LogP contribution in [0, 0.1) is 5.92 Å². The zero-order valence-electron chi connectivity index (χ0n) is 12.4. The van der Waals surface area contributed by atoms with Gasteiger partial charge in [0.15, 0.2) is 0 Å². The van der Waals surface area contributed by atoms with Crippen LogP contribution in [0.3, 0.4) is 0 Å². The predicted octanol–water partition coefficient (Wildman–Crippen LogP) is 4.17. The standard InChI is InChI=1S/C17H22N2OS/c1-20-16-10-4-8-14(19-16)12-18-17(13-6-2-3-7-13)15-9-5-11-21-15/h4-5,8-11,13,17-18H,2-3,6-7,12H2,1H3. The summed E-state index contributed by atoms with van der Waals surface area (Å²) in [5, 5.41) is 5.89. The van der Waals surface area contributed by atoms with Crippen molar-refractivity contribution < 1.29 is 4.74 Å². The second-order valence-electron chi connectivity index (χ2n) is 5.59. The molecule has 4 heteroatoms. The smallest absolute Gasteiger partial charge is 0.213 e. The Labute approximate surface area is 130 Å². The summed E-state index contributed by atoms with van der Waals surface area (Å²) < 4.78 is 5.20. The summed E-state index contributed by atoms with van der Waals surface area (Å²) in [5.41, 5.74) is 1.04. The van der Waals surface area contributed by atoms with Crippen LogP contribution in [-0.2, 0) is 6.54 Å². The first-order valence-electron chi connectivity index (χ1n) is 7.63. The summed E-state index contributed by atoms with van der Waals surface area (Å²) in [5.74, 6) is 1.44. The van der Waals surface area contributed by atoms with E-state index < -0.39 is 0 Å². The molecule has 1 atom stereocenters. The fourth-order valence-electron chi connectivity index (χ4n) is 3.14. The Bertz CT molecular complexity index is 550. The van der Waals surface area contributed by atoms with Crippen LogP contribution in [-0.4, -0.2) is 12.1 Å². The molecule has 0 spiro atoms. The quantitative estimate of drug-likeness (QED) is 0.869. The minimum absolute atomic E-state index is 0.459. The van der Waals surface area contributed by atoms with E-state index in [4.69, 9.17) is 4.74 Å². The number of thiophene rings is 1. The maximum Gasteiger partial charge on any atom is 0.213 e. The van der Waals surface area contributed by atoms with E-state index in [0.29, 0.717) is 11.9 Å². The second kappa shape index (κ2) is 7.05. The molecule has 21 heavy (non-hydrogen) atoms. The van der Waals surface area contributed by atoms with Gasteiger partial charge >= 0.3 is 0 Å². The van der Waals surface area contributed by atoms with Crippen LogP contribution in [0.4, 0.5) is 0 Å². The third kappa shape index (κ3) is 3.63. The van der Waals surface area contributed by atoms with Crippen molar-refractivity contribution in [2.75, 3.05) is 7.11 Å². The molecule has 0 aromatic carbocycles. The van der Waals surface area contributed by atoms with Crippen LogP contribution in [0.5, 0.6) is 5.88 Å². The molecule has 0 amide bonds. The molecule has 112 valence electrons. The lowest BCUT2D eigenvalue weighted by molar-refractivity contribution is 0.365. The molecule has 0 radical (unpaired) electrons. The van der Waals surface area contributed by atoms with Gasteiger partial charge in [0.1, 0.15) is 0 Å². The van der Waals surface area contributed by atoms with Gasteiger partial charge in [-0.05, 0) is 36.3 Å². The van der Waals surface area contributed by atoms with E-state index in [2.05, 4.69) is 33.9 Å². The number of methoxy groups -OCH3 is 1. The van der Waals surface area contributed by atoms with Gasteiger partial charge in [0.25, 0.3) is 0 Å². The number of ether oxygens (including phenoxy) is 1. The van der Waals surface area contributed by atoms with Gasteiger partial charge in [-0.25, -0.2) is 4.98 Å². The third-order valence-corrected chi connectivity index (χ3v) is 5.17. The number of nitrogens with zero attached hydrogens (tertiary/aromatic N) is 1. The van der Waals surface area contributed by atoms with E-state index in [9.17, 15) is 0 Å². The number of hydrogen-bond donors (Lipinski definition) is 1. The number of aromatic nitrogens is 1. The van der Waals surface area contributed by atoms with Gasteiger partial charge in [0, 0.05) is 23.5 Å². The van der Waals surface area contributed by atoms with E-state index in [1.54, 1.807) is 7.11 Å². The van der Waals surface area contributed by atoms with Crippen LogP contribution in [0.25, 0.3) is 0 Å². The summed E-state index contributed by atoms with van der Waals surface area (Å²) in [4.78, 5) is 5.94. The van der Waals surface area contributed by atoms with Crippen LogP contribution in [0.1, 0.15) is 42.3 Å². The molecule has 0 bridgehead atoms. The van der Waals surface area contributed by atoms with Gasteiger partial charge in [-0.3, -0.25) is 0 Å². The molecule has 1 saturated carbocycles. The van der Waals surface area contributed by atoms with Gasteiger partial charge in [-0.15, -0.1) is 11.3 Å². The highest BCUT2D eigenvalue weighted by Crippen LogP contribution is 2.37. The lowest BCUT2D eigenvalue weighted by atomic mass is 9.96. The molecule has 2 heterocycles. The monoisotopic (exact) mass is 302 g/mol. The largest absolute Gasteiger partial charge is 0.481 e. The van der Waals surface area contributed by atoms with Crippen LogP contribution in [0.2, 0.25) is 0 Å². The van der Waals surface area contributed by atoms with Gasteiger partial charge in [0.2, 0.25) is 5.88 Å². The average Bonchev–Trinajstić information content (AvgIpc) is 3.21. The van der Waals surface area contributed by atoms with Crippen LogP contribution >= 0.6 is 11.3 Å². The third-order valence-electron chi connectivity index (χ3n) is 4.21. The molecular weight excluding hydrogens is 280 g/mol. The Kier molecular flexibility index (Phi) is 4.88. The van der Waals surface area contributed by atoms with Crippen molar-refractivity contribution in [1.29, 1.82) is 0 Å². The Morgan fingerprint density at radius 2 is 2.14 bits per heavy atom. The van der Waals surface area contributed by atoms with Gasteiger partial charge < -0.3 is 10.1 Å². The van der Waals surface area contributed by atoms with E-state index in [1.807, 2.05) is 23.5 Å². The van der Waals surface area contributed by atoms with Crippen molar-refractivity contribution in [2.45, 2.75) is 38.3 Å². The van der Waals surface area contributed by atoms with E-state index in [0.717, 1.165) is 18.2 Å². The van der Waals surface area contributed by atoms with Gasteiger partial charge in [-0.2, -0.15) is 0 Å². The SMILES string of the molecule is COc1cccc(CNC(c2cccs2)C2CCCC2)n1. The van der Waals surface area contributed by atoms with Crippen molar-refractivity contribution in [3.05, 3.63) is 46.3 Å². The van der Waals surface area contributed by atoms with Gasteiger partial charge in [0.05, 0.1) is 12.8 Å². The molecule has 2 aromatic heterocycles. The van der Waals surface area contributed by atoms with Crippen molar-refractivity contribution in [2.24, 2.45) is 5.92 Å². The molecular formula is C17H22N2OS. The Morgan fingerprint density at radius 1 is 1.29 bits per heavy atom. The summed E-state index contributed by atoms with van der Waals surface area (Å²) in [6, 6.07) is 10.8. The zero-order valence-corrected chi connectivity index (χ0v) is 13.2.